The molecule has 7 heteroatoms. The van der Waals surface area contributed by atoms with Gasteiger partial charge in [-0.1, -0.05) is 6.92 Å². The first-order chi connectivity index (χ1) is 9.90. The Hall–Kier alpha value is -1.63. The van der Waals surface area contributed by atoms with Gasteiger partial charge in [-0.15, -0.1) is 0 Å². The van der Waals surface area contributed by atoms with Gasteiger partial charge in [0, 0.05) is 18.9 Å². The molecule has 0 aliphatic rings. The van der Waals surface area contributed by atoms with E-state index < -0.39 is 0 Å². The average molecular weight is 354 g/mol. The summed E-state index contributed by atoms with van der Waals surface area (Å²) in [7, 11) is 1.86. The number of nitrogens with one attached hydrogen (secondary N) is 1. The summed E-state index contributed by atoms with van der Waals surface area (Å²) in [5, 5.41) is 11.4. The summed E-state index contributed by atoms with van der Waals surface area (Å²) in [5.74, 6) is -0.136. The minimum absolute atomic E-state index is 0.0138. The van der Waals surface area contributed by atoms with Crippen LogP contribution in [0.1, 0.15) is 24.0 Å². The van der Waals surface area contributed by atoms with Crippen molar-refractivity contribution in [1.29, 1.82) is 0 Å². The van der Waals surface area contributed by atoms with E-state index in [9.17, 15) is 4.79 Å². The number of aryl methyl sites for hydroxylation is 2. The second-order valence-corrected chi connectivity index (χ2v) is 6.02. The number of hydrogen-bond donors (Lipinski definition) is 1. The van der Waals surface area contributed by atoms with Gasteiger partial charge in [-0.25, -0.2) is 0 Å². The number of carbonyl (C=O) groups excluding carboxylic acids is 1. The van der Waals surface area contributed by atoms with Crippen molar-refractivity contribution in [2.75, 3.05) is 0 Å². The van der Waals surface area contributed by atoms with Gasteiger partial charge in [0.25, 0.3) is 0 Å². The molecule has 0 saturated carbocycles. The Labute approximate surface area is 132 Å². The Bertz CT molecular complexity index is 646. The number of hydrogen-bond acceptors (Lipinski definition) is 3. The second-order valence-electron chi connectivity index (χ2n) is 5.23. The minimum Gasteiger partial charge on any atom is -0.350 e. The van der Waals surface area contributed by atoms with Crippen LogP contribution in [0.2, 0.25) is 0 Å². The first kappa shape index (κ1) is 15.8. The molecule has 0 radical (unpaired) electrons. The number of aromatic nitrogens is 4. The fourth-order valence-corrected chi connectivity index (χ4v) is 2.41. The molecule has 6 nitrogen and oxygen atoms in total. The van der Waals surface area contributed by atoms with Crippen molar-refractivity contribution in [1.82, 2.24) is 24.9 Å². The molecule has 0 bridgehead atoms. The second kappa shape index (κ2) is 6.43. The number of nitrogens with zero attached hydrogens (tertiary/aromatic N) is 4. The van der Waals surface area contributed by atoms with E-state index in [4.69, 9.17) is 0 Å². The molecule has 0 aromatic carbocycles. The first-order valence-corrected chi connectivity index (χ1v) is 7.63. The van der Waals surface area contributed by atoms with E-state index in [2.05, 4.69) is 31.4 Å². The Morgan fingerprint density at radius 1 is 1.48 bits per heavy atom. The van der Waals surface area contributed by atoms with Crippen LogP contribution >= 0.6 is 15.9 Å². The maximum atomic E-state index is 12.2. The summed E-state index contributed by atoms with van der Waals surface area (Å²) in [5.41, 5.74) is 2.96. The van der Waals surface area contributed by atoms with Crippen LogP contribution in [-0.4, -0.2) is 25.5 Å². The highest BCUT2D eigenvalue weighted by atomic mass is 79.9. The third-order valence-corrected chi connectivity index (χ3v) is 4.70. The van der Waals surface area contributed by atoms with Crippen molar-refractivity contribution in [3.8, 4) is 0 Å². The molecule has 2 heterocycles. The molecule has 1 N–H and O–H groups in total. The molecule has 0 aliphatic carbocycles. The third-order valence-electron chi connectivity index (χ3n) is 3.55. The van der Waals surface area contributed by atoms with Gasteiger partial charge in [0.15, 0.2) is 0 Å². The molecule has 1 atom stereocenters. The molecule has 0 aliphatic heterocycles. The predicted octanol–water partition coefficient (Wildman–Crippen LogP) is 1.95. The standard InChI is InChI=1S/C14H20BrN5O/c1-9(8-20-11(3)13(15)10(2)18-20)14(21)16-7-12-5-6-17-19(12)4/h5-6,9H,7-8H2,1-4H3,(H,16,21). The van der Waals surface area contributed by atoms with Crippen molar-refractivity contribution in [3.05, 3.63) is 33.8 Å². The predicted molar refractivity (Wildman–Crippen MR) is 83.6 cm³/mol. The Kier molecular flexibility index (Phi) is 4.82. The van der Waals surface area contributed by atoms with Crippen molar-refractivity contribution >= 4 is 21.8 Å². The van der Waals surface area contributed by atoms with Crippen LogP contribution in [0.3, 0.4) is 0 Å². The van der Waals surface area contributed by atoms with E-state index >= 15 is 0 Å². The topological polar surface area (TPSA) is 64.7 Å². The lowest BCUT2D eigenvalue weighted by atomic mass is 10.1. The normalized spacial score (nSPS) is 12.4. The molecule has 0 saturated heterocycles. The number of halogens is 1. The van der Waals surface area contributed by atoms with E-state index in [0.717, 1.165) is 21.6 Å². The van der Waals surface area contributed by atoms with Crippen LogP contribution < -0.4 is 5.32 Å². The fraction of sp³-hybridized carbons (Fsp3) is 0.500. The maximum Gasteiger partial charge on any atom is 0.225 e. The molecule has 114 valence electrons. The SMILES string of the molecule is Cc1nn(CC(C)C(=O)NCc2ccnn2C)c(C)c1Br. The molecule has 1 unspecified atom stereocenters. The summed E-state index contributed by atoms with van der Waals surface area (Å²) in [6.07, 6.45) is 1.72. The minimum atomic E-state index is -0.150. The lowest BCUT2D eigenvalue weighted by molar-refractivity contribution is -0.125. The van der Waals surface area contributed by atoms with Crippen molar-refractivity contribution in [2.45, 2.75) is 33.9 Å². The zero-order valence-electron chi connectivity index (χ0n) is 12.7. The van der Waals surface area contributed by atoms with Gasteiger partial charge < -0.3 is 5.32 Å². The molecule has 2 aromatic heterocycles. The molecule has 0 fully saturated rings. The summed E-state index contributed by atoms with van der Waals surface area (Å²) >= 11 is 3.50. The van der Waals surface area contributed by atoms with E-state index in [1.807, 2.05) is 38.6 Å². The molecule has 2 rings (SSSR count). The molecule has 2 aromatic rings. The van der Waals surface area contributed by atoms with Crippen molar-refractivity contribution < 1.29 is 4.79 Å². The molecular weight excluding hydrogens is 334 g/mol. The number of rotatable bonds is 5. The summed E-state index contributed by atoms with van der Waals surface area (Å²) < 4.78 is 4.63. The lowest BCUT2D eigenvalue weighted by Gasteiger charge is -2.13. The highest BCUT2D eigenvalue weighted by molar-refractivity contribution is 9.10. The quantitative estimate of drug-likeness (QED) is 0.893. The van der Waals surface area contributed by atoms with Gasteiger partial charge in [0.1, 0.15) is 0 Å². The first-order valence-electron chi connectivity index (χ1n) is 6.84. The molecule has 1 amide bonds. The van der Waals surface area contributed by atoms with Gasteiger partial charge in [-0.3, -0.25) is 14.2 Å². The van der Waals surface area contributed by atoms with Gasteiger partial charge >= 0.3 is 0 Å². The fourth-order valence-electron chi connectivity index (χ4n) is 2.12. The van der Waals surface area contributed by atoms with E-state index in [1.54, 1.807) is 10.9 Å². The monoisotopic (exact) mass is 353 g/mol. The van der Waals surface area contributed by atoms with Crippen LogP contribution in [0.15, 0.2) is 16.7 Å². The van der Waals surface area contributed by atoms with Crippen molar-refractivity contribution in [2.24, 2.45) is 13.0 Å². The maximum absolute atomic E-state index is 12.2. The van der Waals surface area contributed by atoms with E-state index in [0.29, 0.717) is 13.1 Å². The van der Waals surface area contributed by atoms with Gasteiger partial charge in [-0.2, -0.15) is 10.2 Å². The average Bonchev–Trinajstić information content (AvgIpc) is 2.96. The zero-order valence-corrected chi connectivity index (χ0v) is 14.3. The Morgan fingerprint density at radius 2 is 2.19 bits per heavy atom. The zero-order chi connectivity index (χ0) is 15.6. The van der Waals surface area contributed by atoms with E-state index in [-0.39, 0.29) is 11.8 Å². The highest BCUT2D eigenvalue weighted by Gasteiger charge is 2.17. The summed E-state index contributed by atoms with van der Waals surface area (Å²) in [4.78, 5) is 12.2. The third kappa shape index (κ3) is 3.53. The Balaban J connectivity index is 1.93. The molecule has 21 heavy (non-hydrogen) atoms. The van der Waals surface area contributed by atoms with Crippen LogP contribution in [-0.2, 0) is 24.9 Å². The van der Waals surface area contributed by atoms with Crippen LogP contribution in [0.4, 0.5) is 0 Å². The lowest BCUT2D eigenvalue weighted by Crippen LogP contribution is -2.32. The largest absolute Gasteiger partial charge is 0.350 e. The Morgan fingerprint density at radius 3 is 2.71 bits per heavy atom. The van der Waals surface area contributed by atoms with Crippen LogP contribution in [0, 0.1) is 19.8 Å². The van der Waals surface area contributed by atoms with Gasteiger partial charge in [0.2, 0.25) is 5.91 Å². The molecule has 0 spiro atoms. The highest BCUT2D eigenvalue weighted by Crippen LogP contribution is 2.20. The smallest absolute Gasteiger partial charge is 0.225 e. The number of carbonyl (C=O) groups is 1. The molecular formula is C14H20BrN5O. The van der Waals surface area contributed by atoms with Gasteiger partial charge in [-0.05, 0) is 35.8 Å². The summed E-state index contributed by atoms with van der Waals surface area (Å²) in [6, 6.07) is 1.89. The van der Waals surface area contributed by atoms with Gasteiger partial charge in [0.05, 0.1) is 34.9 Å². The summed E-state index contributed by atoms with van der Waals surface area (Å²) in [6.45, 7) is 6.89. The van der Waals surface area contributed by atoms with E-state index in [1.165, 1.54) is 0 Å². The van der Waals surface area contributed by atoms with Crippen LogP contribution in [0.5, 0.6) is 0 Å². The van der Waals surface area contributed by atoms with Crippen LogP contribution in [0.25, 0.3) is 0 Å². The number of amides is 1. The van der Waals surface area contributed by atoms with Crippen molar-refractivity contribution in [3.63, 3.8) is 0 Å².